The van der Waals surface area contributed by atoms with Crippen LogP contribution in [0.2, 0.25) is 0 Å². The second kappa shape index (κ2) is 15.1. The van der Waals surface area contributed by atoms with E-state index in [4.69, 9.17) is 19.8 Å². The van der Waals surface area contributed by atoms with Crippen molar-refractivity contribution in [1.82, 2.24) is 29.7 Å². The molecule has 0 saturated carbocycles. The summed E-state index contributed by atoms with van der Waals surface area (Å²) in [5, 5.41) is 32.0. The number of pyridine rings is 1. The average Bonchev–Trinajstić information content (AvgIpc) is 3.70. The van der Waals surface area contributed by atoms with Crippen molar-refractivity contribution in [1.29, 1.82) is 5.26 Å². The Labute approximate surface area is 259 Å². The number of aliphatic carboxylic acids is 2. The normalized spacial score (nSPS) is 11.6. The molecule has 47 heavy (non-hydrogen) atoms. The number of hydrogen-bond acceptors (Lipinski definition) is 8. The van der Waals surface area contributed by atoms with Crippen LogP contribution in [-0.4, -0.2) is 70.1 Å². The number of carbonyl (C=O) groups excluding carboxylic acids is 1. The first-order chi connectivity index (χ1) is 22.1. The van der Waals surface area contributed by atoms with Gasteiger partial charge in [-0.3, -0.25) is 14.5 Å². The molecule has 0 bridgehead atoms. The summed E-state index contributed by atoms with van der Waals surface area (Å²) in [6, 6.07) is 14.7. The number of carboxylic acid groups (broad SMARTS) is 2. The Hall–Kier alpha value is -6.32. The SMILES string of the molecule is N#CCC(c1cccc(NC(=O)c2cccnc2)c1)n1cc(-c2ncnc3[nH]ccc23)cn1.O=C(O)C(F)(F)F.O=C(O)C(F)(F)F. The van der Waals surface area contributed by atoms with Crippen molar-refractivity contribution in [3.63, 3.8) is 0 Å². The summed E-state index contributed by atoms with van der Waals surface area (Å²) in [5.74, 6) is -5.77. The highest BCUT2D eigenvalue weighted by molar-refractivity contribution is 6.04. The molecule has 1 unspecified atom stereocenters. The van der Waals surface area contributed by atoms with E-state index in [1.54, 1.807) is 35.3 Å². The summed E-state index contributed by atoms with van der Waals surface area (Å²) >= 11 is 0. The first-order valence-corrected chi connectivity index (χ1v) is 12.7. The molecule has 0 aliphatic rings. The number of amides is 1. The molecular formula is C28H20F6N8O5. The number of H-pyrrole nitrogens is 1. The highest BCUT2D eigenvalue weighted by Gasteiger charge is 2.38. The monoisotopic (exact) mass is 662 g/mol. The molecule has 5 aromatic rings. The smallest absolute Gasteiger partial charge is 0.475 e. The van der Waals surface area contributed by atoms with Crippen molar-refractivity contribution in [2.24, 2.45) is 0 Å². The predicted octanol–water partition coefficient (Wildman–Crippen LogP) is 5.24. The van der Waals surface area contributed by atoms with E-state index in [2.05, 4.69) is 36.4 Å². The molecule has 4 heterocycles. The van der Waals surface area contributed by atoms with Gasteiger partial charge in [0.05, 0.1) is 36.0 Å². The summed E-state index contributed by atoms with van der Waals surface area (Å²) in [4.78, 5) is 46.0. The van der Waals surface area contributed by atoms with Crippen LogP contribution in [0.1, 0.15) is 28.4 Å². The fourth-order valence-electron chi connectivity index (χ4n) is 3.71. The van der Waals surface area contributed by atoms with Gasteiger partial charge in [0, 0.05) is 41.4 Å². The first kappa shape index (κ1) is 35.2. The molecule has 1 atom stereocenters. The number of carboxylic acids is 2. The fraction of sp³-hybridized carbons (Fsp3) is 0.143. The Morgan fingerprint density at radius 3 is 2.26 bits per heavy atom. The van der Waals surface area contributed by atoms with Crippen LogP contribution in [0.4, 0.5) is 32.0 Å². The number of aromatic amines is 1. The zero-order valence-corrected chi connectivity index (χ0v) is 23.4. The molecular weight excluding hydrogens is 642 g/mol. The van der Waals surface area contributed by atoms with Crippen molar-refractivity contribution < 1.29 is 50.9 Å². The fourth-order valence-corrected chi connectivity index (χ4v) is 3.71. The van der Waals surface area contributed by atoms with Crippen LogP contribution in [0.3, 0.4) is 0 Å². The van der Waals surface area contributed by atoms with Crippen molar-refractivity contribution in [3.8, 4) is 17.3 Å². The number of nitrogens with one attached hydrogen (secondary N) is 2. The molecule has 0 spiro atoms. The molecule has 0 aliphatic carbocycles. The zero-order chi connectivity index (χ0) is 34.8. The van der Waals surface area contributed by atoms with Gasteiger partial charge >= 0.3 is 24.3 Å². The minimum atomic E-state index is -5.08. The number of alkyl halides is 6. The van der Waals surface area contributed by atoms with Gasteiger partial charge in [0.1, 0.15) is 12.0 Å². The minimum absolute atomic E-state index is 0.213. The van der Waals surface area contributed by atoms with Crippen molar-refractivity contribution in [2.45, 2.75) is 24.8 Å². The average molecular weight is 663 g/mol. The number of anilines is 1. The van der Waals surface area contributed by atoms with E-state index >= 15 is 0 Å². The lowest BCUT2D eigenvalue weighted by atomic mass is 10.0. The number of nitrogens with zero attached hydrogens (tertiary/aromatic N) is 6. The van der Waals surface area contributed by atoms with Gasteiger partial charge in [0.15, 0.2) is 0 Å². The molecule has 0 radical (unpaired) electrons. The third kappa shape index (κ3) is 9.84. The number of fused-ring (bicyclic) bond motifs is 1. The number of hydrogen-bond donors (Lipinski definition) is 4. The van der Waals surface area contributed by atoms with Crippen LogP contribution >= 0.6 is 0 Å². The number of aromatic nitrogens is 6. The molecule has 0 fully saturated rings. The van der Waals surface area contributed by atoms with Gasteiger partial charge in [-0.05, 0) is 35.9 Å². The predicted molar refractivity (Wildman–Crippen MR) is 149 cm³/mol. The summed E-state index contributed by atoms with van der Waals surface area (Å²) in [5.41, 5.74) is 4.28. The van der Waals surface area contributed by atoms with Crippen LogP contribution in [0, 0.1) is 11.3 Å². The lowest BCUT2D eigenvalue weighted by Crippen LogP contribution is -2.21. The molecule has 0 saturated heterocycles. The number of carbonyl (C=O) groups is 3. The topological polar surface area (TPSA) is 200 Å². The number of benzene rings is 1. The standard InChI is InChI=1S/C24H18N8O.2C2HF3O2/c25-8-6-21(16-3-1-5-19(11-16)31-24(33)17-4-2-9-26-12-17)32-14-18(13-30-32)22-20-7-10-27-23(20)29-15-28-22;2*3-2(4,5)1(6)7/h1-5,7,9-15,21H,6H2,(H,31,33)(H,27,28,29);2*(H,6,7). The van der Waals surface area contributed by atoms with Crippen LogP contribution < -0.4 is 5.32 Å². The van der Waals surface area contributed by atoms with E-state index in [0.717, 1.165) is 27.9 Å². The molecule has 19 heteroatoms. The summed E-state index contributed by atoms with van der Waals surface area (Å²) in [6.07, 6.45) is 0.0986. The Morgan fingerprint density at radius 2 is 1.66 bits per heavy atom. The zero-order valence-electron chi connectivity index (χ0n) is 23.4. The molecule has 244 valence electrons. The Kier molecular flexibility index (Phi) is 11.3. The number of halogens is 6. The molecule has 1 amide bonds. The Bertz CT molecular complexity index is 1860. The third-order valence-electron chi connectivity index (χ3n) is 5.77. The lowest BCUT2D eigenvalue weighted by molar-refractivity contribution is -0.193. The largest absolute Gasteiger partial charge is 0.490 e. The second-order valence-corrected chi connectivity index (χ2v) is 8.98. The van der Waals surface area contributed by atoms with E-state index in [9.17, 15) is 36.4 Å². The van der Waals surface area contributed by atoms with Crippen LogP contribution in [0.25, 0.3) is 22.3 Å². The highest BCUT2D eigenvalue weighted by Crippen LogP contribution is 2.29. The van der Waals surface area contributed by atoms with Gasteiger partial charge in [-0.2, -0.15) is 36.7 Å². The molecule has 4 aromatic heterocycles. The molecule has 4 N–H and O–H groups in total. The Morgan fingerprint density at radius 1 is 0.979 bits per heavy atom. The Balaban J connectivity index is 0.000000360. The van der Waals surface area contributed by atoms with E-state index in [0.29, 0.717) is 11.3 Å². The number of rotatable bonds is 6. The lowest BCUT2D eigenvalue weighted by Gasteiger charge is -2.16. The second-order valence-electron chi connectivity index (χ2n) is 8.98. The molecule has 13 nitrogen and oxygen atoms in total. The van der Waals surface area contributed by atoms with Gasteiger partial charge in [0.2, 0.25) is 0 Å². The molecule has 0 aliphatic heterocycles. The third-order valence-corrected chi connectivity index (χ3v) is 5.77. The quantitative estimate of drug-likeness (QED) is 0.174. The maximum absolute atomic E-state index is 12.5. The van der Waals surface area contributed by atoms with Crippen LogP contribution in [0.15, 0.2) is 79.8 Å². The first-order valence-electron chi connectivity index (χ1n) is 12.7. The van der Waals surface area contributed by atoms with E-state index < -0.39 is 24.3 Å². The summed E-state index contributed by atoms with van der Waals surface area (Å²) in [6.45, 7) is 0. The van der Waals surface area contributed by atoms with Gasteiger partial charge in [-0.15, -0.1) is 0 Å². The van der Waals surface area contributed by atoms with Gasteiger partial charge in [-0.1, -0.05) is 12.1 Å². The summed E-state index contributed by atoms with van der Waals surface area (Å²) in [7, 11) is 0. The van der Waals surface area contributed by atoms with Crippen LogP contribution in [-0.2, 0) is 9.59 Å². The van der Waals surface area contributed by atoms with E-state index in [-0.39, 0.29) is 18.4 Å². The van der Waals surface area contributed by atoms with Crippen molar-refractivity contribution >= 4 is 34.6 Å². The van der Waals surface area contributed by atoms with Crippen molar-refractivity contribution in [2.75, 3.05) is 5.32 Å². The maximum atomic E-state index is 12.5. The van der Waals surface area contributed by atoms with E-state index in [1.807, 2.05) is 36.7 Å². The van der Waals surface area contributed by atoms with Crippen molar-refractivity contribution in [3.05, 3.63) is 90.9 Å². The van der Waals surface area contributed by atoms with E-state index in [1.165, 1.54) is 12.5 Å². The molecule has 5 rings (SSSR count). The molecule has 1 aromatic carbocycles. The van der Waals surface area contributed by atoms with Crippen LogP contribution in [0.5, 0.6) is 0 Å². The van der Waals surface area contributed by atoms with Gasteiger partial charge in [0.25, 0.3) is 5.91 Å². The maximum Gasteiger partial charge on any atom is 0.490 e. The summed E-state index contributed by atoms with van der Waals surface area (Å²) < 4.78 is 65.2. The van der Waals surface area contributed by atoms with Gasteiger partial charge in [-0.25, -0.2) is 19.6 Å². The van der Waals surface area contributed by atoms with Gasteiger partial charge < -0.3 is 20.5 Å². The highest BCUT2D eigenvalue weighted by atomic mass is 19.4. The number of nitriles is 1. The minimum Gasteiger partial charge on any atom is -0.475 e.